The molecule has 3 heterocycles. The Hall–Kier alpha value is -1.20. The van der Waals surface area contributed by atoms with Crippen molar-refractivity contribution < 1.29 is 0 Å². The molecule has 1 aliphatic rings. The molecule has 1 aliphatic heterocycles. The molecular weight excluding hydrogens is 280 g/mol. The summed E-state index contributed by atoms with van der Waals surface area (Å²) >= 11 is 2.07. The van der Waals surface area contributed by atoms with Gasteiger partial charge in [-0.05, 0) is 19.1 Å². The van der Waals surface area contributed by atoms with E-state index in [9.17, 15) is 0 Å². The average Bonchev–Trinajstić information content (AvgIpc) is 2.76. The summed E-state index contributed by atoms with van der Waals surface area (Å²) in [6, 6.07) is 6.30. The lowest BCUT2D eigenvalue weighted by Crippen LogP contribution is -2.41. The number of hydrogen-bond donors (Lipinski definition) is 1. The van der Waals surface area contributed by atoms with Crippen LogP contribution < -0.4 is 10.6 Å². The average molecular weight is 304 g/mol. The van der Waals surface area contributed by atoms with Crippen molar-refractivity contribution in [1.82, 2.24) is 9.38 Å². The molecule has 4 nitrogen and oxygen atoms in total. The van der Waals surface area contributed by atoms with Gasteiger partial charge in [0.2, 0.25) is 0 Å². The van der Waals surface area contributed by atoms with Crippen molar-refractivity contribution >= 4 is 23.2 Å². The molecule has 0 bridgehead atoms. The highest BCUT2D eigenvalue weighted by molar-refractivity contribution is 8.00. The number of pyridine rings is 1. The Morgan fingerprint density at radius 1 is 1.33 bits per heavy atom. The Labute approximate surface area is 130 Å². The minimum Gasteiger partial charge on any atom is -0.353 e. The van der Waals surface area contributed by atoms with E-state index in [0.29, 0.717) is 10.5 Å². The molecule has 3 unspecified atom stereocenters. The first-order chi connectivity index (χ1) is 10.0. The van der Waals surface area contributed by atoms with Crippen molar-refractivity contribution in [2.45, 2.75) is 43.7 Å². The van der Waals surface area contributed by atoms with Gasteiger partial charge >= 0.3 is 0 Å². The van der Waals surface area contributed by atoms with Gasteiger partial charge in [0.05, 0.1) is 5.69 Å². The minimum atomic E-state index is 0.137. The summed E-state index contributed by atoms with van der Waals surface area (Å²) < 4.78 is 2.19. The zero-order chi connectivity index (χ0) is 15.0. The first-order valence-corrected chi connectivity index (χ1v) is 8.61. The van der Waals surface area contributed by atoms with Gasteiger partial charge < -0.3 is 15.0 Å². The molecule has 21 heavy (non-hydrogen) atoms. The Bertz CT molecular complexity index is 612. The quantitative estimate of drug-likeness (QED) is 0.946. The molecule has 0 spiro atoms. The number of fused-ring (bicyclic) bond motifs is 1. The summed E-state index contributed by atoms with van der Waals surface area (Å²) in [5, 5.41) is 1.28. The van der Waals surface area contributed by atoms with E-state index in [1.54, 1.807) is 0 Å². The second-order valence-corrected chi connectivity index (χ2v) is 8.04. The fraction of sp³-hybridized carbons (Fsp3) is 0.562. The number of nitrogens with two attached hydrogens (primary N) is 1. The number of aromatic nitrogens is 2. The van der Waals surface area contributed by atoms with Gasteiger partial charge in [-0.25, -0.2) is 4.98 Å². The van der Waals surface area contributed by atoms with Gasteiger partial charge in [0, 0.05) is 42.2 Å². The molecule has 3 rings (SSSR count). The largest absolute Gasteiger partial charge is 0.353 e. The summed E-state index contributed by atoms with van der Waals surface area (Å²) in [6.07, 6.45) is 2.95. The maximum absolute atomic E-state index is 6.06. The zero-order valence-electron chi connectivity index (χ0n) is 13.0. The highest BCUT2D eigenvalue weighted by atomic mass is 32.2. The highest BCUT2D eigenvalue weighted by Gasteiger charge is 2.26. The molecule has 1 fully saturated rings. The Kier molecular flexibility index (Phi) is 4.13. The van der Waals surface area contributed by atoms with Crippen LogP contribution in [0.1, 0.15) is 26.5 Å². The Balaban J connectivity index is 2.04. The topological polar surface area (TPSA) is 46.6 Å². The van der Waals surface area contributed by atoms with Gasteiger partial charge in [-0.2, -0.15) is 11.8 Å². The summed E-state index contributed by atoms with van der Waals surface area (Å²) in [6.45, 7) is 8.78. The summed E-state index contributed by atoms with van der Waals surface area (Å²) in [5.74, 6) is 1.12. The van der Waals surface area contributed by atoms with Crippen LogP contribution in [0.5, 0.6) is 0 Å². The summed E-state index contributed by atoms with van der Waals surface area (Å²) in [7, 11) is 0. The molecule has 0 amide bonds. The zero-order valence-corrected chi connectivity index (χ0v) is 13.8. The highest BCUT2D eigenvalue weighted by Crippen LogP contribution is 2.31. The Morgan fingerprint density at radius 3 is 2.71 bits per heavy atom. The minimum absolute atomic E-state index is 0.137. The van der Waals surface area contributed by atoms with E-state index in [1.807, 2.05) is 6.07 Å². The third-order valence-corrected chi connectivity index (χ3v) is 5.07. The van der Waals surface area contributed by atoms with Crippen molar-refractivity contribution in [3.8, 4) is 0 Å². The molecule has 0 saturated carbocycles. The fourth-order valence-electron chi connectivity index (χ4n) is 3.13. The van der Waals surface area contributed by atoms with E-state index in [0.717, 1.165) is 31.0 Å². The van der Waals surface area contributed by atoms with Gasteiger partial charge in [-0.3, -0.25) is 0 Å². The van der Waals surface area contributed by atoms with E-state index in [4.69, 9.17) is 10.7 Å². The second kappa shape index (κ2) is 5.89. The van der Waals surface area contributed by atoms with Crippen molar-refractivity contribution in [3.05, 3.63) is 30.1 Å². The molecule has 0 aliphatic carbocycles. The number of nitrogens with zero attached hydrogens (tertiary/aromatic N) is 3. The molecular formula is C16H24N4S. The van der Waals surface area contributed by atoms with E-state index in [-0.39, 0.29) is 6.04 Å². The molecule has 2 N–H and O–H groups in total. The van der Waals surface area contributed by atoms with Crippen LogP contribution in [0.4, 0.5) is 5.82 Å². The number of hydrogen-bond acceptors (Lipinski definition) is 4. The van der Waals surface area contributed by atoms with Gasteiger partial charge in [0.25, 0.3) is 0 Å². The van der Waals surface area contributed by atoms with Gasteiger partial charge in [-0.15, -0.1) is 0 Å². The number of imidazole rings is 1. The number of anilines is 1. The van der Waals surface area contributed by atoms with Crippen LogP contribution in [-0.2, 0) is 6.42 Å². The first kappa shape index (κ1) is 14.7. The van der Waals surface area contributed by atoms with Crippen molar-refractivity contribution in [2.75, 3.05) is 18.0 Å². The predicted molar refractivity (Wildman–Crippen MR) is 91.3 cm³/mol. The number of rotatable bonds is 3. The fourth-order valence-corrected chi connectivity index (χ4v) is 4.46. The van der Waals surface area contributed by atoms with Crippen molar-refractivity contribution in [2.24, 2.45) is 5.73 Å². The molecule has 1 saturated heterocycles. The monoisotopic (exact) mass is 304 g/mol. The summed E-state index contributed by atoms with van der Waals surface area (Å²) in [4.78, 5) is 7.32. The standard InChI is InChI=1S/C16H24N4S/c1-11(17)8-14-16(18-15-6-4-5-7-20(14)15)19-9-12(2)21-13(3)10-19/h4-7,11-13H,8-10,17H2,1-3H3. The van der Waals surface area contributed by atoms with Crippen LogP contribution in [0, 0.1) is 0 Å². The Morgan fingerprint density at radius 2 is 2.05 bits per heavy atom. The van der Waals surface area contributed by atoms with E-state index < -0.39 is 0 Å². The van der Waals surface area contributed by atoms with Crippen LogP contribution in [0.2, 0.25) is 0 Å². The van der Waals surface area contributed by atoms with Crippen LogP contribution >= 0.6 is 11.8 Å². The lowest BCUT2D eigenvalue weighted by molar-refractivity contribution is 0.689. The van der Waals surface area contributed by atoms with Crippen LogP contribution in [0.3, 0.4) is 0 Å². The maximum Gasteiger partial charge on any atom is 0.151 e. The van der Waals surface area contributed by atoms with Crippen molar-refractivity contribution in [1.29, 1.82) is 0 Å². The molecule has 2 aromatic heterocycles. The van der Waals surface area contributed by atoms with Gasteiger partial charge in [0.1, 0.15) is 5.65 Å². The second-order valence-electron chi connectivity index (χ2n) is 6.15. The van der Waals surface area contributed by atoms with E-state index >= 15 is 0 Å². The third-order valence-electron chi connectivity index (χ3n) is 3.84. The van der Waals surface area contributed by atoms with Crippen LogP contribution in [0.15, 0.2) is 24.4 Å². The summed E-state index contributed by atoms with van der Waals surface area (Å²) in [5.41, 5.74) is 8.32. The molecule has 5 heteroatoms. The van der Waals surface area contributed by atoms with Crippen LogP contribution in [-0.4, -0.2) is 39.0 Å². The first-order valence-electron chi connectivity index (χ1n) is 7.66. The molecule has 114 valence electrons. The smallest absolute Gasteiger partial charge is 0.151 e. The van der Waals surface area contributed by atoms with Gasteiger partial charge in [-0.1, -0.05) is 19.9 Å². The molecule has 0 aromatic carbocycles. The third kappa shape index (κ3) is 3.04. The van der Waals surface area contributed by atoms with E-state index in [1.165, 1.54) is 5.69 Å². The normalized spacial score (nSPS) is 24.5. The lowest BCUT2D eigenvalue weighted by Gasteiger charge is -2.35. The predicted octanol–water partition coefficient (Wildman–Crippen LogP) is 2.55. The number of thioether (sulfide) groups is 1. The van der Waals surface area contributed by atoms with Crippen molar-refractivity contribution in [3.63, 3.8) is 0 Å². The SMILES string of the molecule is CC(N)Cc1c(N2CC(C)SC(C)C2)nc2ccccn12. The van der Waals surface area contributed by atoms with Crippen LogP contribution in [0.25, 0.3) is 5.65 Å². The van der Waals surface area contributed by atoms with Gasteiger partial charge in [0.15, 0.2) is 5.82 Å². The molecule has 3 atom stereocenters. The lowest BCUT2D eigenvalue weighted by atomic mass is 10.2. The molecule has 0 radical (unpaired) electrons. The van der Waals surface area contributed by atoms with E-state index in [2.05, 4.69) is 60.2 Å². The molecule has 2 aromatic rings. The maximum atomic E-state index is 6.06.